The number of benzene rings is 1. The van der Waals surface area contributed by atoms with Gasteiger partial charge in [0.15, 0.2) is 5.16 Å². The quantitative estimate of drug-likeness (QED) is 0.269. The SMILES string of the molecule is Cc1c(NC(=O)CSc2nnc(Cc3cccs3)n2C2CCCCC2)cccc1[N+](=O)[O-]. The van der Waals surface area contributed by atoms with Crippen molar-refractivity contribution in [2.75, 3.05) is 11.1 Å². The zero-order valence-electron chi connectivity index (χ0n) is 17.8. The van der Waals surface area contributed by atoms with E-state index in [0.29, 0.717) is 17.3 Å². The number of hydrogen-bond acceptors (Lipinski definition) is 7. The van der Waals surface area contributed by atoms with Crippen LogP contribution in [0.5, 0.6) is 0 Å². The number of nitro benzene ring substituents is 1. The number of rotatable bonds is 8. The summed E-state index contributed by atoms with van der Waals surface area (Å²) in [6.07, 6.45) is 6.58. The van der Waals surface area contributed by atoms with Gasteiger partial charge in [0.2, 0.25) is 5.91 Å². The maximum atomic E-state index is 12.6. The number of amides is 1. The highest BCUT2D eigenvalue weighted by molar-refractivity contribution is 7.99. The number of thioether (sulfide) groups is 1. The Morgan fingerprint density at radius 3 is 2.78 bits per heavy atom. The van der Waals surface area contributed by atoms with Crippen molar-refractivity contribution in [1.29, 1.82) is 0 Å². The largest absolute Gasteiger partial charge is 0.325 e. The van der Waals surface area contributed by atoms with Crippen LogP contribution in [0.25, 0.3) is 0 Å². The summed E-state index contributed by atoms with van der Waals surface area (Å²) in [6, 6.07) is 9.18. The molecular formula is C22H25N5O3S2. The molecule has 1 aliphatic rings. The van der Waals surface area contributed by atoms with Crippen molar-refractivity contribution in [3.63, 3.8) is 0 Å². The van der Waals surface area contributed by atoms with Gasteiger partial charge in [0, 0.05) is 23.4 Å². The summed E-state index contributed by atoms with van der Waals surface area (Å²) in [5, 5.41) is 25.6. The second-order valence-electron chi connectivity index (χ2n) is 7.86. The van der Waals surface area contributed by atoms with Gasteiger partial charge in [-0.05, 0) is 37.3 Å². The Balaban J connectivity index is 1.48. The van der Waals surface area contributed by atoms with E-state index in [1.54, 1.807) is 30.4 Å². The van der Waals surface area contributed by atoms with E-state index in [1.165, 1.54) is 42.0 Å². The predicted octanol–water partition coefficient (Wildman–Crippen LogP) is 5.38. The molecule has 32 heavy (non-hydrogen) atoms. The monoisotopic (exact) mass is 471 g/mol. The first-order chi connectivity index (χ1) is 15.5. The topological polar surface area (TPSA) is 103 Å². The summed E-state index contributed by atoms with van der Waals surface area (Å²) < 4.78 is 2.23. The Hall–Kier alpha value is -2.72. The van der Waals surface area contributed by atoms with Gasteiger partial charge in [-0.2, -0.15) is 0 Å². The molecule has 0 atom stereocenters. The molecular weight excluding hydrogens is 446 g/mol. The van der Waals surface area contributed by atoms with Gasteiger partial charge >= 0.3 is 0 Å². The molecule has 1 saturated carbocycles. The van der Waals surface area contributed by atoms with E-state index in [2.05, 4.69) is 31.5 Å². The van der Waals surface area contributed by atoms with Gasteiger partial charge in [0.05, 0.1) is 21.9 Å². The van der Waals surface area contributed by atoms with E-state index in [4.69, 9.17) is 0 Å². The van der Waals surface area contributed by atoms with Crippen LogP contribution in [0.3, 0.4) is 0 Å². The number of thiophene rings is 1. The molecule has 2 aromatic heterocycles. The molecule has 4 rings (SSSR count). The summed E-state index contributed by atoms with van der Waals surface area (Å²) in [5.41, 5.74) is 0.891. The Bertz CT molecular complexity index is 1090. The fraction of sp³-hybridized carbons (Fsp3) is 0.409. The molecule has 1 amide bonds. The number of nitrogens with zero attached hydrogens (tertiary/aromatic N) is 4. The van der Waals surface area contributed by atoms with Crippen LogP contribution in [0, 0.1) is 17.0 Å². The Labute approximate surface area is 194 Å². The summed E-state index contributed by atoms with van der Waals surface area (Å²) in [5.74, 6) is 0.875. The van der Waals surface area contributed by atoms with Crippen molar-refractivity contribution >= 4 is 40.4 Å². The molecule has 0 spiro atoms. The van der Waals surface area contributed by atoms with Crippen molar-refractivity contribution in [2.45, 2.75) is 56.6 Å². The second kappa shape index (κ2) is 10.3. The van der Waals surface area contributed by atoms with Gasteiger partial charge in [0.25, 0.3) is 5.69 Å². The first-order valence-electron chi connectivity index (χ1n) is 10.7. The second-order valence-corrected chi connectivity index (χ2v) is 9.84. The van der Waals surface area contributed by atoms with Crippen LogP contribution in [0.1, 0.15) is 54.4 Å². The van der Waals surface area contributed by atoms with Crippen LogP contribution in [0.4, 0.5) is 11.4 Å². The maximum absolute atomic E-state index is 12.6. The molecule has 1 fully saturated rings. The molecule has 168 valence electrons. The molecule has 1 aromatic carbocycles. The van der Waals surface area contributed by atoms with Crippen LogP contribution in [0.2, 0.25) is 0 Å². The summed E-state index contributed by atoms with van der Waals surface area (Å²) >= 11 is 3.07. The molecule has 8 nitrogen and oxygen atoms in total. The van der Waals surface area contributed by atoms with Gasteiger partial charge in [-0.3, -0.25) is 14.9 Å². The molecule has 0 radical (unpaired) electrons. The minimum atomic E-state index is -0.443. The fourth-order valence-electron chi connectivity index (χ4n) is 4.07. The lowest BCUT2D eigenvalue weighted by Gasteiger charge is -2.25. The van der Waals surface area contributed by atoms with Crippen LogP contribution >= 0.6 is 23.1 Å². The number of hydrogen-bond donors (Lipinski definition) is 1. The van der Waals surface area contributed by atoms with Gasteiger partial charge in [-0.15, -0.1) is 21.5 Å². The van der Waals surface area contributed by atoms with Crippen LogP contribution < -0.4 is 5.32 Å². The third kappa shape index (κ3) is 5.18. The molecule has 1 N–H and O–H groups in total. The maximum Gasteiger partial charge on any atom is 0.274 e. The van der Waals surface area contributed by atoms with E-state index in [9.17, 15) is 14.9 Å². The van der Waals surface area contributed by atoms with Gasteiger partial charge in [-0.25, -0.2) is 0 Å². The molecule has 0 aliphatic heterocycles. The Morgan fingerprint density at radius 2 is 2.06 bits per heavy atom. The average molecular weight is 472 g/mol. The first kappa shape index (κ1) is 22.5. The zero-order valence-corrected chi connectivity index (χ0v) is 19.5. The van der Waals surface area contributed by atoms with Crippen molar-refractivity contribution < 1.29 is 9.72 Å². The Kier molecular flexibility index (Phi) is 7.21. The van der Waals surface area contributed by atoms with E-state index >= 15 is 0 Å². The van der Waals surface area contributed by atoms with E-state index < -0.39 is 4.92 Å². The molecule has 0 saturated heterocycles. The number of anilines is 1. The summed E-state index contributed by atoms with van der Waals surface area (Å²) in [6.45, 7) is 1.64. The number of carbonyl (C=O) groups is 1. The lowest BCUT2D eigenvalue weighted by Crippen LogP contribution is -2.18. The van der Waals surface area contributed by atoms with Crippen LogP contribution in [-0.2, 0) is 11.2 Å². The molecule has 3 aromatic rings. The molecule has 1 aliphatic carbocycles. The molecule has 0 unspecified atom stereocenters. The molecule has 2 heterocycles. The third-order valence-corrected chi connectivity index (χ3v) is 7.52. The highest BCUT2D eigenvalue weighted by Gasteiger charge is 2.24. The average Bonchev–Trinajstić information content (AvgIpc) is 3.44. The number of aromatic nitrogens is 3. The van der Waals surface area contributed by atoms with Crippen molar-refractivity contribution in [2.24, 2.45) is 0 Å². The van der Waals surface area contributed by atoms with Gasteiger partial charge < -0.3 is 9.88 Å². The molecule has 10 heteroatoms. The van der Waals surface area contributed by atoms with Crippen molar-refractivity contribution in [3.05, 3.63) is 62.1 Å². The highest BCUT2D eigenvalue weighted by Crippen LogP contribution is 2.33. The fourth-order valence-corrected chi connectivity index (χ4v) is 5.60. The Morgan fingerprint density at radius 1 is 1.25 bits per heavy atom. The van der Waals surface area contributed by atoms with Crippen LogP contribution in [0.15, 0.2) is 40.9 Å². The highest BCUT2D eigenvalue weighted by atomic mass is 32.2. The lowest BCUT2D eigenvalue weighted by atomic mass is 9.95. The smallest absolute Gasteiger partial charge is 0.274 e. The van der Waals surface area contributed by atoms with Gasteiger partial charge in [-0.1, -0.05) is 43.2 Å². The van der Waals surface area contributed by atoms with Crippen LogP contribution in [-0.4, -0.2) is 31.3 Å². The van der Waals surface area contributed by atoms with E-state index in [-0.39, 0.29) is 17.3 Å². The minimum absolute atomic E-state index is 0.00860. The lowest BCUT2D eigenvalue weighted by molar-refractivity contribution is -0.385. The minimum Gasteiger partial charge on any atom is -0.325 e. The van der Waals surface area contributed by atoms with Gasteiger partial charge in [0.1, 0.15) is 5.82 Å². The van der Waals surface area contributed by atoms with Crippen molar-refractivity contribution in [1.82, 2.24) is 14.8 Å². The number of nitrogens with one attached hydrogen (secondary N) is 1. The third-order valence-electron chi connectivity index (χ3n) is 5.70. The number of nitro groups is 1. The first-order valence-corrected chi connectivity index (χ1v) is 12.5. The number of carbonyl (C=O) groups excluding carboxylic acids is 1. The van der Waals surface area contributed by atoms with E-state index in [1.807, 2.05) is 6.07 Å². The standard InChI is InChI=1S/C22H25N5O3S2/c1-15-18(10-5-11-19(15)27(29)30)23-21(28)14-32-22-25-24-20(13-17-9-6-12-31-17)26(22)16-7-3-2-4-8-16/h5-6,9-12,16H,2-4,7-8,13-14H2,1H3,(H,23,28). The van der Waals surface area contributed by atoms with Crippen molar-refractivity contribution in [3.8, 4) is 0 Å². The normalized spacial score (nSPS) is 14.4. The predicted molar refractivity (Wildman–Crippen MR) is 126 cm³/mol. The van der Waals surface area contributed by atoms with E-state index in [0.717, 1.165) is 30.2 Å². The summed E-state index contributed by atoms with van der Waals surface area (Å²) in [7, 11) is 0. The molecule has 0 bridgehead atoms. The summed E-state index contributed by atoms with van der Waals surface area (Å²) in [4.78, 5) is 24.6. The zero-order chi connectivity index (χ0) is 22.5.